The van der Waals surface area contributed by atoms with Crippen LogP contribution in [0.5, 0.6) is 0 Å². The monoisotopic (exact) mass is 354 g/mol. The van der Waals surface area contributed by atoms with Crippen LogP contribution in [-0.2, 0) is 27.5 Å². The Morgan fingerprint density at radius 2 is 1.00 bits per heavy atom. The first-order valence-corrected chi connectivity index (χ1v) is 13.5. The topological polar surface area (TPSA) is 55.4 Å². The molecule has 0 aromatic rings. The Morgan fingerprint density at radius 1 is 0.636 bits per heavy atom. The minimum atomic E-state index is -2.59. The molecule has 0 rings (SSSR count). The smallest absolute Gasteiger partial charge is 0.377 e. The van der Waals surface area contributed by atoms with Gasteiger partial charge in [-0.3, -0.25) is 0 Å². The second kappa shape index (κ2) is 12.6. The second-order valence-corrected chi connectivity index (χ2v) is 11.8. The number of rotatable bonds is 15. The van der Waals surface area contributed by atoms with Crippen LogP contribution in [-0.4, -0.2) is 63.0 Å². The van der Waals surface area contributed by atoms with Crippen LogP contribution in [0.25, 0.3) is 0 Å². The van der Waals surface area contributed by atoms with Gasteiger partial charge in [0.15, 0.2) is 0 Å². The maximum Gasteiger partial charge on any atom is 0.462 e. The quantitative estimate of drug-likeness (QED) is 0.331. The number of hydrogen-bond acceptors (Lipinski definition) is 6. The summed E-state index contributed by atoms with van der Waals surface area (Å²) in [6.45, 7) is 15.1. The van der Waals surface area contributed by atoms with E-state index in [1.54, 1.807) is 0 Å². The third-order valence-corrected chi connectivity index (χ3v) is 11.0. The van der Waals surface area contributed by atoms with E-state index < -0.39 is 23.3 Å². The van der Waals surface area contributed by atoms with Gasteiger partial charge in [0.05, 0.1) is 0 Å². The molecule has 0 atom stereocenters. The van der Waals surface area contributed by atoms with Crippen molar-refractivity contribution in [2.75, 3.05) is 39.6 Å². The van der Waals surface area contributed by atoms with Gasteiger partial charge in [0.25, 0.3) is 5.97 Å². The fraction of sp³-hybridized carbons (Fsp3) is 1.00. The summed E-state index contributed by atoms with van der Waals surface area (Å²) < 4.78 is 35.1. The highest BCUT2D eigenvalue weighted by Gasteiger charge is 2.45. The van der Waals surface area contributed by atoms with Crippen LogP contribution in [0.15, 0.2) is 0 Å². The van der Waals surface area contributed by atoms with Crippen molar-refractivity contribution >= 4 is 17.4 Å². The molecule has 0 aromatic heterocycles. The van der Waals surface area contributed by atoms with Crippen molar-refractivity contribution in [3.63, 3.8) is 0 Å². The third kappa shape index (κ3) is 7.65. The van der Waals surface area contributed by atoms with Crippen LogP contribution in [0.4, 0.5) is 0 Å². The Bertz CT molecular complexity index is 208. The minimum absolute atomic E-state index is 0.529. The molecule has 0 aromatic carbocycles. The van der Waals surface area contributed by atoms with Gasteiger partial charge in [0.2, 0.25) is 0 Å². The molecule has 0 aliphatic heterocycles. The zero-order valence-corrected chi connectivity index (χ0v) is 17.5. The van der Waals surface area contributed by atoms with Gasteiger partial charge in [0.1, 0.15) is 9.04 Å². The highest BCUT2D eigenvalue weighted by Crippen LogP contribution is 2.23. The molecule has 0 saturated carbocycles. The molecule has 6 nitrogen and oxygen atoms in total. The molecule has 0 radical (unpaired) electrons. The number of hydrogen-bond donors (Lipinski definition) is 0. The van der Waals surface area contributed by atoms with Crippen molar-refractivity contribution in [1.82, 2.24) is 0 Å². The first kappa shape index (κ1) is 22.2. The standard InChI is InChI=1S/C14H34O6Si2/c1-7-15-14(16-8-2,17-9-3)13-21-22(18-10-4,19-11-5)20-12-6/h7-13,21H2,1-6H3. The van der Waals surface area contributed by atoms with E-state index in [-0.39, 0.29) is 0 Å². The molecule has 0 fully saturated rings. The molecule has 0 N–H and O–H groups in total. The van der Waals surface area contributed by atoms with E-state index >= 15 is 0 Å². The molecule has 0 bridgehead atoms. The van der Waals surface area contributed by atoms with Crippen LogP contribution in [0, 0.1) is 0 Å². The minimum Gasteiger partial charge on any atom is -0.377 e. The van der Waals surface area contributed by atoms with Crippen LogP contribution in [0.2, 0.25) is 6.04 Å². The van der Waals surface area contributed by atoms with E-state index in [0.717, 1.165) is 0 Å². The third-order valence-electron chi connectivity index (χ3n) is 2.92. The van der Waals surface area contributed by atoms with E-state index in [0.29, 0.717) is 45.7 Å². The first-order valence-electron chi connectivity index (χ1n) is 8.41. The summed E-state index contributed by atoms with van der Waals surface area (Å²) in [5, 5.41) is 0. The molecule has 0 aliphatic rings. The molecular weight excluding hydrogens is 320 g/mol. The Kier molecular flexibility index (Phi) is 12.7. The first-order chi connectivity index (χ1) is 10.6. The van der Waals surface area contributed by atoms with E-state index in [1.807, 2.05) is 41.5 Å². The zero-order chi connectivity index (χ0) is 16.9. The average Bonchev–Trinajstić information content (AvgIpc) is 2.47. The molecule has 134 valence electrons. The van der Waals surface area contributed by atoms with Gasteiger partial charge < -0.3 is 27.5 Å². The largest absolute Gasteiger partial charge is 0.462 e. The zero-order valence-electron chi connectivity index (χ0n) is 15.1. The number of ether oxygens (including phenoxy) is 3. The highest BCUT2D eigenvalue weighted by molar-refractivity contribution is 7.14. The summed E-state index contributed by atoms with van der Waals surface area (Å²) >= 11 is 0. The van der Waals surface area contributed by atoms with Crippen molar-refractivity contribution in [2.45, 2.75) is 53.6 Å². The maximum absolute atomic E-state index is 5.93. The van der Waals surface area contributed by atoms with Gasteiger partial charge in [-0.05, 0) is 41.5 Å². The van der Waals surface area contributed by atoms with Crippen LogP contribution < -0.4 is 0 Å². The Hall–Kier alpha value is 0.194. The summed E-state index contributed by atoms with van der Waals surface area (Å²) in [5.74, 6) is -0.992. The molecule has 0 heterocycles. The second-order valence-electron chi connectivity index (χ2n) is 4.46. The summed E-state index contributed by atoms with van der Waals surface area (Å²) in [5.41, 5.74) is 0. The Balaban J connectivity index is 5.04. The van der Waals surface area contributed by atoms with E-state index in [4.69, 9.17) is 27.5 Å². The molecule has 0 spiro atoms. The average molecular weight is 355 g/mol. The molecule has 0 aliphatic carbocycles. The Morgan fingerprint density at radius 3 is 1.27 bits per heavy atom. The van der Waals surface area contributed by atoms with E-state index in [2.05, 4.69) is 0 Å². The summed E-state index contributed by atoms with van der Waals surface area (Å²) in [7, 11) is -3.48. The van der Waals surface area contributed by atoms with Crippen molar-refractivity contribution in [1.29, 1.82) is 0 Å². The fourth-order valence-electron chi connectivity index (χ4n) is 2.31. The highest BCUT2D eigenvalue weighted by atomic mass is 29.2. The normalized spacial score (nSPS) is 13.4. The van der Waals surface area contributed by atoms with Crippen LogP contribution in [0.3, 0.4) is 0 Å². The van der Waals surface area contributed by atoms with Gasteiger partial charge in [-0.2, -0.15) is 0 Å². The lowest BCUT2D eigenvalue weighted by molar-refractivity contribution is -0.365. The van der Waals surface area contributed by atoms with Gasteiger partial charge in [-0.15, -0.1) is 0 Å². The molecule has 0 amide bonds. The van der Waals surface area contributed by atoms with Crippen LogP contribution >= 0.6 is 0 Å². The van der Waals surface area contributed by atoms with Gasteiger partial charge in [-0.1, -0.05) is 0 Å². The van der Waals surface area contributed by atoms with E-state index in [1.165, 1.54) is 0 Å². The SMILES string of the molecule is CCOC(C[SiH2][Si](OCC)(OCC)OCC)(OCC)OCC. The fourth-order valence-corrected chi connectivity index (χ4v) is 10.3. The lowest BCUT2D eigenvalue weighted by Gasteiger charge is -2.35. The van der Waals surface area contributed by atoms with Crippen molar-refractivity contribution in [3.05, 3.63) is 0 Å². The lowest BCUT2D eigenvalue weighted by Crippen LogP contribution is -2.55. The van der Waals surface area contributed by atoms with Gasteiger partial charge in [-0.25, -0.2) is 0 Å². The van der Waals surface area contributed by atoms with Crippen molar-refractivity contribution in [2.24, 2.45) is 0 Å². The molecule has 8 heteroatoms. The van der Waals surface area contributed by atoms with Gasteiger partial charge in [0, 0.05) is 45.7 Å². The van der Waals surface area contributed by atoms with E-state index in [9.17, 15) is 0 Å². The molecule has 0 unspecified atom stereocenters. The molecule has 0 saturated heterocycles. The lowest BCUT2D eigenvalue weighted by atomic mass is 10.6. The predicted octanol–water partition coefficient (Wildman–Crippen LogP) is 1.88. The summed E-state index contributed by atoms with van der Waals surface area (Å²) in [4.78, 5) is 0. The van der Waals surface area contributed by atoms with Crippen molar-refractivity contribution in [3.8, 4) is 0 Å². The summed E-state index contributed by atoms with van der Waals surface area (Å²) in [6.07, 6.45) is 0. The van der Waals surface area contributed by atoms with Crippen molar-refractivity contribution < 1.29 is 27.5 Å². The molecule has 22 heavy (non-hydrogen) atoms. The summed E-state index contributed by atoms with van der Waals surface area (Å²) in [6, 6.07) is 0.648. The van der Waals surface area contributed by atoms with Crippen LogP contribution in [0.1, 0.15) is 41.5 Å². The Labute approximate surface area is 138 Å². The predicted molar refractivity (Wildman–Crippen MR) is 91.6 cm³/mol. The maximum atomic E-state index is 5.93. The van der Waals surface area contributed by atoms with Gasteiger partial charge >= 0.3 is 8.32 Å². The molecular formula is C14H34O6Si2.